The highest BCUT2D eigenvalue weighted by atomic mass is 19.1. The molecule has 4 atom stereocenters. The molecule has 1 amide bonds. The molecule has 4 rings (SSSR count). The lowest BCUT2D eigenvalue weighted by atomic mass is 9.74. The van der Waals surface area contributed by atoms with Crippen molar-refractivity contribution in [1.29, 1.82) is 0 Å². The fourth-order valence-corrected chi connectivity index (χ4v) is 5.22. The number of pyridine rings is 2. The topological polar surface area (TPSA) is 110 Å². The first kappa shape index (κ1) is 28.7. The molecular formula is C29H33F3N4O3. The third kappa shape index (κ3) is 5.98. The van der Waals surface area contributed by atoms with Gasteiger partial charge in [0, 0.05) is 18.8 Å². The van der Waals surface area contributed by atoms with E-state index in [9.17, 15) is 14.3 Å². The summed E-state index contributed by atoms with van der Waals surface area (Å²) in [5.41, 5.74) is 5.08. The first-order valence-corrected chi connectivity index (χ1v) is 12.9. The van der Waals surface area contributed by atoms with E-state index >= 15 is 8.78 Å². The zero-order valence-corrected chi connectivity index (χ0v) is 22.3. The van der Waals surface area contributed by atoms with Crippen LogP contribution in [0.2, 0.25) is 0 Å². The van der Waals surface area contributed by atoms with Gasteiger partial charge in [0.2, 0.25) is 0 Å². The van der Waals surface area contributed by atoms with E-state index < -0.39 is 52.4 Å². The third-order valence-electron chi connectivity index (χ3n) is 7.34. The van der Waals surface area contributed by atoms with Crippen LogP contribution in [0.15, 0.2) is 42.7 Å². The zero-order chi connectivity index (χ0) is 28.5. The highest BCUT2D eigenvalue weighted by Crippen LogP contribution is 2.39. The smallest absolute Gasteiger partial charge is 0.274 e. The third-order valence-corrected chi connectivity index (χ3v) is 7.34. The average Bonchev–Trinajstić information content (AvgIpc) is 2.87. The van der Waals surface area contributed by atoms with Gasteiger partial charge in [-0.25, -0.2) is 18.2 Å². The summed E-state index contributed by atoms with van der Waals surface area (Å²) in [4.78, 5) is 21.3. The lowest BCUT2D eigenvalue weighted by Gasteiger charge is -2.36. The molecule has 0 spiro atoms. The second-order valence-electron chi connectivity index (χ2n) is 10.5. The number of halogens is 3. The molecule has 3 aromatic rings. The van der Waals surface area contributed by atoms with Gasteiger partial charge in [-0.3, -0.25) is 9.78 Å². The van der Waals surface area contributed by atoms with Gasteiger partial charge in [0.15, 0.2) is 0 Å². The molecule has 10 heteroatoms. The largest absolute Gasteiger partial charge is 0.391 e. The van der Waals surface area contributed by atoms with Crippen molar-refractivity contribution in [3.05, 3.63) is 77.0 Å². The summed E-state index contributed by atoms with van der Waals surface area (Å²) in [5, 5.41) is 13.0. The lowest BCUT2D eigenvalue weighted by molar-refractivity contribution is -0.0144. The Labute approximate surface area is 225 Å². The summed E-state index contributed by atoms with van der Waals surface area (Å²) in [6, 6.07) is 5.61. The number of anilines is 1. The second kappa shape index (κ2) is 11.4. The molecule has 2 heterocycles. The number of hydrogen-bond acceptors (Lipinski definition) is 6. The maximum Gasteiger partial charge on any atom is 0.274 e. The van der Waals surface area contributed by atoms with Gasteiger partial charge in [0.25, 0.3) is 5.91 Å². The zero-order valence-electron chi connectivity index (χ0n) is 22.3. The van der Waals surface area contributed by atoms with E-state index in [4.69, 9.17) is 10.5 Å². The average molecular weight is 543 g/mol. The minimum absolute atomic E-state index is 0.0314. The van der Waals surface area contributed by atoms with Crippen LogP contribution in [0.4, 0.5) is 18.9 Å². The van der Waals surface area contributed by atoms with Crippen LogP contribution >= 0.6 is 0 Å². The molecule has 208 valence electrons. The molecule has 2 aromatic heterocycles. The van der Waals surface area contributed by atoms with Crippen molar-refractivity contribution in [3.63, 3.8) is 0 Å². The van der Waals surface area contributed by atoms with Gasteiger partial charge in [0.05, 0.1) is 29.2 Å². The molecule has 0 bridgehead atoms. The molecule has 1 aliphatic carbocycles. The van der Waals surface area contributed by atoms with Crippen molar-refractivity contribution >= 4 is 11.6 Å². The number of carbonyl (C=O) groups excluding carboxylic acids is 1. The number of hydrogen-bond donors (Lipinski definition) is 3. The first-order chi connectivity index (χ1) is 18.4. The Kier molecular flexibility index (Phi) is 8.39. The van der Waals surface area contributed by atoms with Crippen LogP contribution in [-0.2, 0) is 10.3 Å². The predicted octanol–water partition coefficient (Wildman–Crippen LogP) is 5.29. The molecule has 1 fully saturated rings. The molecule has 39 heavy (non-hydrogen) atoms. The summed E-state index contributed by atoms with van der Waals surface area (Å²) in [7, 11) is 0. The highest BCUT2D eigenvalue weighted by Gasteiger charge is 2.34. The molecule has 0 saturated heterocycles. The monoisotopic (exact) mass is 542 g/mol. The van der Waals surface area contributed by atoms with Crippen LogP contribution in [0.1, 0.15) is 68.1 Å². The summed E-state index contributed by atoms with van der Waals surface area (Å²) in [6.45, 7) is 7.36. The number of aliphatic hydroxyl groups is 1. The maximum absolute atomic E-state index is 15.1. The number of aliphatic hydroxyl groups excluding tert-OH is 1. The van der Waals surface area contributed by atoms with E-state index in [1.165, 1.54) is 6.20 Å². The van der Waals surface area contributed by atoms with E-state index in [1.807, 2.05) is 6.92 Å². The molecule has 0 aliphatic heterocycles. The number of amides is 1. The van der Waals surface area contributed by atoms with Gasteiger partial charge in [-0.1, -0.05) is 6.92 Å². The van der Waals surface area contributed by atoms with Gasteiger partial charge in [-0.2, -0.15) is 0 Å². The summed E-state index contributed by atoms with van der Waals surface area (Å²) in [5.74, 6) is -3.80. The van der Waals surface area contributed by atoms with E-state index in [1.54, 1.807) is 33.0 Å². The lowest BCUT2D eigenvalue weighted by Crippen LogP contribution is -2.44. The van der Waals surface area contributed by atoms with Crippen LogP contribution in [-0.4, -0.2) is 39.7 Å². The standard InChI is InChI=1S/C29H33F3N4O3/c1-5-39-29(3,4)17-12-20(31)25(21(32)13-17)26-19(30)6-7-23(35-26)28(38)36-24-14-34-9-8-18(24)16-10-15(2)27(37)22(33)11-16/h6-9,12-16,22,27,37H,5,10-11,33H2,1-4H3,(H,36,38)/t15-,16+,22+,27+/m0/s1. The summed E-state index contributed by atoms with van der Waals surface area (Å²) < 4.78 is 50.6. The molecule has 4 N–H and O–H groups in total. The number of benzene rings is 1. The van der Waals surface area contributed by atoms with Gasteiger partial charge in [-0.15, -0.1) is 0 Å². The fourth-order valence-electron chi connectivity index (χ4n) is 5.22. The Bertz CT molecular complexity index is 1330. The number of nitrogens with zero attached hydrogens (tertiary/aromatic N) is 2. The van der Waals surface area contributed by atoms with Crippen molar-refractivity contribution in [2.75, 3.05) is 11.9 Å². The van der Waals surface area contributed by atoms with Gasteiger partial charge >= 0.3 is 0 Å². The van der Waals surface area contributed by atoms with Crippen LogP contribution in [0.5, 0.6) is 0 Å². The van der Waals surface area contributed by atoms with Gasteiger partial charge in [-0.05, 0) is 86.9 Å². The summed E-state index contributed by atoms with van der Waals surface area (Å²) in [6.07, 6.45) is 3.66. The Morgan fingerprint density at radius 1 is 1.15 bits per heavy atom. The number of ether oxygens (including phenoxy) is 1. The van der Waals surface area contributed by atoms with Crippen molar-refractivity contribution in [2.24, 2.45) is 11.7 Å². The van der Waals surface area contributed by atoms with E-state index in [0.717, 1.165) is 29.8 Å². The highest BCUT2D eigenvalue weighted by molar-refractivity contribution is 6.03. The van der Waals surface area contributed by atoms with E-state index in [-0.39, 0.29) is 23.1 Å². The SMILES string of the molecule is CCOC(C)(C)c1cc(F)c(-c2nc(C(=O)Nc3cnccc3[C@H]3C[C@@H](N)[C@H](O)[C@@H](C)C3)ccc2F)c(F)c1. The Morgan fingerprint density at radius 2 is 1.85 bits per heavy atom. The van der Waals surface area contributed by atoms with Crippen LogP contribution in [0.3, 0.4) is 0 Å². The maximum atomic E-state index is 15.1. The molecule has 1 aromatic carbocycles. The second-order valence-corrected chi connectivity index (χ2v) is 10.5. The summed E-state index contributed by atoms with van der Waals surface area (Å²) >= 11 is 0. The molecule has 0 unspecified atom stereocenters. The predicted molar refractivity (Wildman–Crippen MR) is 142 cm³/mol. The van der Waals surface area contributed by atoms with Crippen LogP contribution < -0.4 is 11.1 Å². The minimum Gasteiger partial charge on any atom is -0.391 e. The Hall–Kier alpha value is -3.34. The number of carbonyl (C=O) groups is 1. The number of rotatable bonds is 7. The fraction of sp³-hybridized carbons (Fsp3) is 0.414. The van der Waals surface area contributed by atoms with Crippen LogP contribution in [0.25, 0.3) is 11.3 Å². The molecule has 7 nitrogen and oxygen atoms in total. The van der Waals surface area contributed by atoms with Gasteiger partial charge < -0.3 is 20.9 Å². The number of nitrogens with two attached hydrogens (primary N) is 1. The van der Waals surface area contributed by atoms with Crippen molar-refractivity contribution < 1.29 is 27.8 Å². The first-order valence-electron chi connectivity index (χ1n) is 12.9. The number of nitrogens with one attached hydrogen (secondary N) is 1. The molecule has 0 radical (unpaired) electrons. The van der Waals surface area contributed by atoms with E-state index in [2.05, 4.69) is 15.3 Å². The van der Waals surface area contributed by atoms with Crippen molar-refractivity contribution in [3.8, 4) is 11.3 Å². The van der Waals surface area contributed by atoms with E-state index in [0.29, 0.717) is 25.1 Å². The van der Waals surface area contributed by atoms with Gasteiger partial charge in [0.1, 0.15) is 28.8 Å². The Balaban J connectivity index is 1.64. The van der Waals surface area contributed by atoms with Crippen LogP contribution in [0, 0.1) is 23.4 Å². The van der Waals surface area contributed by atoms with Crippen molar-refractivity contribution in [1.82, 2.24) is 9.97 Å². The Morgan fingerprint density at radius 3 is 2.49 bits per heavy atom. The molecule has 1 aliphatic rings. The minimum atomic E-state index is -1.03. The number of aromatic nitrogens is 2. The molecular weight excluding hydrogens is 509 g/mol. The van der Waals surface area contributed by atoms with Crippen molar-refractivity contribution in [2.45, 2.75) is 64.2 Å². The normalized spacial score (nSPS) is 21.6. The quantitative estimate of drug-likeness (QED) is 0.374. The molecule has 1 saturated carbocycles.